The van der Waals surface area contributed by atoms with Crippen LogP contribution in [0.1, 0.15) is 37.5 Å². The summed E-state index contributed by atoms with van der Waals surface area (Å²) in [5.74, 6) is 1.38. The predicted octanol–water partition coefficient (Wildman–Crippen LogP) is 1.61. The van der Waals surface area contributed by atoms with Crippen LogP contribution in [-0.4, -0.2) is 40.0 Å². The summed E-state index contributed by atoms with van der Waals surface area (Å²) >= 11 is 1.64. The molecule has 3 heterocycles. The van der Waals surface area contributed by atoms with Gasteiger partial charge in [0.05, 0.1) is 0 Å². The summed E-state index contributed by atoms with van der Waals surface area (Å²) in [6.07, 6.45) is 2.50. The first-order valence-electron chi connectivity index (χ1n) is 7.04. The lowest BCUT2D eigenvalue weighted by Gasteiger charge is -2.35. The third kappa shape index (κ3) is 2.34. The van der Waals surface area contributed by atoms with E-state index >= 15 is 0 Å². The molecule has 7 heteroatoms. The van der Waals surface area contributed by atoms with Crippen molar-refractivity contribution in [3.63, 3.8) is 0 Å². The van der Waals surface area contributed by atoms with E-state index in [1.165, 1.54) is 12.8 Å². The standard InChI is InChI=1S/C13H21N5OS/c1-13(2,9-5-4-6-14-7-9)11-17-18-10(8-19-3)15-16-12(18)20-11/h9,14H,4-8H2,1-3H3. The van der Waals surface area contributed by atoms with E-state index in [4.69, 9.17) is 9.84 Å². The van der Waals surface area contributed by atoms with Crippen LogP contribution in [0, 0.1) is 5.92 Å². The van der Waals surface area contributed by atoms with Crippen molar-refractivity contribution in [3.8, 4) is 0 Å². The van der Waals surface area contributed by atoms with Crippen LogP contribution in [0.25, 0.3) is 4.96 Å². The highest BCUT2D eigenvalue weighted by Crippen LogP contribution is 2.37. The molecule has 0 radical (unpaired) electrons. The van der Waals surface area contributed by atoms with Gasteiger partial charge in [-0.25, -0.2) is 0 Å². The van der Waals surface area contributed by atoms with Crippen molar-refractivity contribution in [2.24, 2.45) is 5.92 Å². The van der Waals surface area contributed by atoms with Crippen LogP contribution >= 0.6 is 11.3 Å². The summed E-state index contributed by atoms with van der Waals surface area (Å²) in [5, 5.41) is 17.7. The number of ether oxygens (including phenoxy) is 1. The van der Waals surface area contributed by atoms with Gasteiger partial charge in [-0.2, -0.15) is 9.61 Å². The van der Waals surface area contributed by atoms with Crippen molar-refractivity contribution in [2.45, 2.75) is 38.7 Å². The van der Waals surface area contributed by atoms with Crippen molar-refractivity contribution >= 4 is 16.3 Å². The van der Waals surface area contributed by atoms with Crippen LogP contribution in [0.5, 0.6) is 0 Å². The minimum absolute atomic E-state index is 0.0587. The van der Waals surface area contributed by atoms with Gasteiger partial charge in [-0.3, -0.25) is 0 Å². The van der Waals surface area contributed by atoms with Crippen LogP contribution < -0.4 is 5.32 Å². The van der Waals surface area contributed by atoms with Gasteiger partial charge < -0.3 is 10.1 Å². The highest BCUT2D eigenvalue weighted by Gasteiger charge is 2.35. The van der Waals surface area contributed by atoms with Crippen molar-refractivity contribution in [1.29, 1.82) is 0 Å². The van der Waals surface area contributed by atoms with Crippen LogP contribution in [0.3, 0.4) is 0 Å². The second-order valence-electron chi connectivity index (χ2n) is 5.92. The average molecular weight is 295 g/mol. The second kappa shape index (κ2) is 5.38. The largest absolute Gasteiger partial charge is 0.377 e. The molecule has 0 aromatic carbocycles. The molecule has 0 amide bonds. The van der Waals surface area contributed by atoms with Crippen LogP contribution in [0.15, 0.2) is 0 Å². The summed E-state index contributed by atoms with van der Waals surface area (Å²) in [4.78, 5) is 0.851. The van der Waals surface area contributed by atoms with E-state index in [9.17, 15) is 0 Å². The Labute approximate surface area is 122 Å². The molecule has 0 spiro atoms. The summed E-state index contributed by atoms with van der Waals surface area (Å²) in [6.45, 7) is 7.21. The van der Waals surface area contributed by atoms with E-state index in [0.29, 0.717) is 12.5 Å². The van der Waals surface area contributed by atoms with E-state index in [1.54, 1.807) is 18.4 Å². The van der Waals surface area contributed by atoms with Crippen LogP contribution in [0.2, 0.25) is 0 Å². The maximum Gasteiger partial charge on any atom is 0.234 e. The van der Waals surface area contributed by atoms with Gasteiger partial charge >= 0.3 is 0 Å². The topological polar surface area (TPSA) is 64.3 Å². The van der Waals surface area contributed by atoms with Crippen LogP contribution in [-0.2, 0) is 16.8 Å². The molecule has 2 aromatic heterocycles. The van der Waals surface area contributed by atoms with E-state index < -0.39 is 0 Å². The summed E-state index contributed by atoms with van der Waals surface area (Å²) in [6, 6.07) is 0. The smallest absolute Gasteiger partial charge is 0.234 e. The van der Waals surface area contributed by atoms with E-state index in [2.05, 4.69) is 29.4 Å². The molecule has 1 N–H and O–H groups in total. The van der Waals surface area contributed by atoms with Gasteiger partial charge in [-0.05, 0) is 31.8 Å². The normalized spacial score (nSPS) is 20.6. The molecular formula is C13H21N5OS. The Bertz CT molecular complexity index is 585. The molecule has 3 rings (SSSR count). The molecule has 0 saturated carbocycles. The molecule has 110 valence electrons. The van der Waals surface area contributed by atoms with Crippen LogP contribution in [0.4, 0.5) is 0 Å². The fourth-order valence-corrected chi connectivity index (χ4v) is 3.82. The fourth-order valence-electron chi connectivity index (χ4n) is 2.78. The van der Waals surface area contributed by atoms with E-state index in [0.717, 1.165) is 28.9 Å². The molecule has 0 bridgehead atoms. The molecule has 1 aliphatic rings. The maximum atomic E-state index is 5.14. The molecule has 2 aromatic rings. The Morgan fingerprint density at radius 1 is 1.45 bits per heavy atom. The molecular weight excluding hydrogens is 274 g/mol. The first-order chi connectivity index (χ1) is 9.63. The van der Waals surface area contributed by atoms with Gasteiger partial charge in [0.2, 0.25) is 4.96 Å². The highest BCUT2D eigenvalue weighted by atomic mass is 32.1. The number of nitrogens with one attached hydrogen (secondary N) is 1. The van der Waals surface area contributed by atoms with Gasteiger partial charge in [0, 0.05) is 12.5 Å². The number of nitrogens with zero attached hydrogens (tertiary/aromatic N) is 4. The Morgan fingerprint density at radius 3 is 3.00 bits per heavy atom. The lowest BCUT2D eigenvalue weighted by molar-refractivity contribution is 0.175. The van der Waals surface area contributed by atoms with E-state index in [-0.39, 0.29) is 5.41 Å². The fraction of sp³-hybridized carbons (Fsp3) is 0.769. The Morgan fingerprint density at radius 2 is 2.30 bits per heavy atom. The number of piperidine rings is 1. The number of rotatable bonds is 4. The number of aromatic nitrogens is 4. The summed E-state index contributed by atoms with van der Waals surface area (Å²) in [5.41, 5.74) is 0.0587. The highest BCUT2D eigenvalue weighted by molar-refractivity contribution is 7.16. The molecule has 20 heavy (non-hydrogen) atoms. The van der Waals surface area contributed by atoms with Gasteiger partial charge in [-0.15, -0.1) is 10.2 Å². The quantitative estimate of drug-likeness (QED) is 0.928. The zero-order chi connectivity index (χ0) is 14.2. The lowest BCUT2D eigenvalue weighted by Crippen LogP contribution is -2.40. The van der Waals surface area contributed by atoms with Crippen molar-refractivity contribution in [3.05, 3.63) is 10.8 Å². The SMILES string of the molecule is COCc1nnc2sc(C(C)(C)C3CCCNC3)nn12. The van der Waals surface area contributed by atoms with Gasteiger partial charge in [0.25, 0.3) is 0 Å². The molecule has 1 unspecified atom stereocenters. The summed E-state index contributed by atoms with van der Waals surface area (Å²) < 4.78 is 6.96. The summed E-state index contributed by atoms with van der Waals surface area (Å²) in [7, 11) is 1.66. The predicted molar refractivity (Wildman–Crippen MR) is 78.0 cm³/mol. The minimum Gasteiger partial charge on any atom is -0.377 e. The lowest BCUT2D eigenvalue weighted by atomic mass is 9.75. The molecule has 1 aliphatic heterocycles. The van der Waals surface area contributed by atoms with Crippen molar-refractivity contribution < 1.29 is 4.74 Å². The molecule has 1 fully saturated rings. The van der Waals surface area contributed by atoms with Gasteiger partial charge in [-0.1, -0.05) is 25.2 Å². The first-order valence-corrected chi connectivity index (χ1v) is 7.86. The Kier molecular flexibility index (Phi) is 3.74. The third-order valence-electron chi connectivity index (χ3n) is 4.20. The average Bonchev–Trinajstić information content (AvgIpc) is 3.02. The molecule has 0 aliphatic carbocycles. The van der Waals surface area contributed by atoms with Gasteiger partial charge in [0.15, 0.2) is 5.82 Å². The Balaban J connectivity index is 1.92. The molecule has 6 nitrogen and oxygen atoms in total. The third-order valence-corrected chi connectivity index (χ3v) is 5.44. The van der Waals surface area contributed by atoms with Crippen molar-refractivity contribution in [2.75, 3.05) is 20.2 Å². The number of fused-ring (bicyclic) bond motifs is 1. The van der Waals surface area contributed by atoms with Gasteiger partial charge in [0.1, 0.15) is 11.6 Å². The van der Waals surface area contributed by atoms with Crippen molar-refractivity contribution in [1.82, 2.24) is 25.1 Å². The number of hydrogen-bond donors (Lipinski definition) is 1. The first kappa shape index (κ1) is 13.9. The maximum absolute atomic E-state index is 5.14. The number of hydrogen-bond acceptors (Lipinski definition) is 6. The molecule has 1 saturated heterocycles. The van der Waals surface area contributed by atoms with E-state index in [1.807, 2.05) is 4.52 Å². The zero-order valence-corrected chi connectivity index (χ0v) is 13.0. The molecule has 1 atom stereocenters. The zero-order valence-electron chi connectivity index (χ0n) is 12.2. The minimum atomic E-state index is 0.0587. The Hall–Kier alpha value is -1.05. The monoisotopic (exact) mass is 295 g/mol. The number of methoxy groups -OCH3 is 1. The second-order valence-corrected chi connectivity index (χ2v) is 6.87.